The van der Waals surface area contributed by atoms with E-state index in [1.807, 2.05) is 6.92 Å². The van der Waals surface area contributed by atoms with Crippen LogP contribution < -0.4 is 9.62 Å². The Morgan fingerprint density at radius 3 is 2.32 bits per heavy atom. The lowest BCUT2D eigenvalue weighted by Gasteiger charge is -2.32. The molecule has 7 nitrogen and oxygen atoms in total. The van der Waals surface area contributed by atoms with Gasteiger partial charge in [-0.25, -0.2) is 8.42 Å². The van der Waals surface area contributed by atoms with Crippen molar-refractivity contribution in [2.75, 3.05) is 10.8 Å². The second kappa shape index (κ2) is 13.6. The van der Waals surface area contributed by atoms with Crippen LogP contribution in [0.25, 0.3) is 0 Å². The van der Waals surface area contributed by atoms with E-state index in [1.54, 1.807) is 61.5 Å². The fraction of sp³-hybridized carbons (Fsp3) is 0.333. The molecule has 1 N–H and O–H groups in total. The normalized spacial score (nSPS) is 14.5. The minimum Gasteiger partial charge on any atom is -0.352 e. The number of anilines is 1. The number of sulfonamides is 1. The third-order valence-electron chi connectivity index (χ3n) is 7.19. The SMILES string of the molecule is Cc1ccc(S(=O)(=O)N(CC(=O)N(Cc2ccc(Cl)c(Cl)c2)[C@H](C)C(=O)NC2CCCC2)c2cccc(Br)c2)cc1. The number of nitrogens with zero attached hydrogens (tertiary/aromatic N) is 2. The van der Waals surface area contributed by atoms with Gasteiger partial charge in [-0.1, -0.05) is 81.8 Å². The van der Waals surface area contributed by atoms with E-state index in [4.69, 9.17) is 23.2 Å². The highest BCUT2D eigenvalue weighted by Gasteiger charge is 2.33. The molecule has 218 valence electrons. The Morgan fingerprint density at radius 1 is 1.00 bits per heavy atom. The molecule has 0 aromatic heterocycles. The largest absolute Gasteiger partial charge is 0.352 e. The summed E-state index contributed by atoms with van der Waals surface area (Å²) in [6.45, 7) is 3.03. The molecule has 0 bridgehead atoms. The molecule has 0 saturated heterocycles. The lowest BCUT2D eigenvalue weighted by molar-refractivity contribution is -0.139. The maximum absolute atomic E-state index is 14.1. The van der Waals surface area contributed by atoms with Crippen LogP contribution in [-0.4, -0.2) is 43.8 Å². The van der Waals surface area contributed by atoms with Crippen LogP contribution in [-0.2, 0) is 26.2 Å². The number of amides is 2. The standard InChI is InChI=1S/C30H32BrCl2N3O4S/c1-20-10-13-26(14-11-20)41(39,40)36(25-9-5-6-23(31)17-25)19-29(37)35(18-22-12-15-27(32)28(33)16-22)21(2)30(38)34-24-7-3-4-8-24/h5-6,9-17,21,24H,3-4,7-8,18-19H2,1-2H3,(H,34,38)/t21-/m1/s1. The Morgan fingerprint density at radius 2 is 1.68 bits per heavy atom. The highest BCUT2D eigenvalue weighted by molar-refractivity contribution is 9.10. The third kappa shape index (κ3) is 7.83. The quantitative estimate of drug-likeness (QED) is 0.257. The molecule has 4 rings (SSSR count). The van der Waals surface area contributed by atoms with E-state index < -0.39 is 28.5 Å². The molecular formula is C30H32BrCl2N3O4S. The van der Waals surface area contributed by atoms with Crippen LogP contribution in [0.15, 0.2) is 76.1 Å². The Hall–Kier alpha value is -2.59. The van der Waals surface area contributed by atoms with Crippen molar-refractivity contribution < 1.29 is 18.0 Å². The predicted molar refractivity (Wildman–Crippen MR) is 167 cm³/mol. The average Bonchev–Trinajstić information content (AvgIpc) is 3.45. The van der Waals surface area contributed by atoms with E-state index in [9.17, 15) is 18.0 Å². The molecule has 0 radical (unpaired) electrons. The lowest BCUT2D eigenvalue weighted by atomic mass is 10.1. The Kier molecular flexibility index (Phi) is 10.4. The van der Waals surface area contributed by atoms with Crippen molar-refractivity contribution >= 4 is 66.7 Å². The van der Waals surface area contributed by atoms with Gasteiger partial charge in [0, 0.05) is 17.1 Å². The highest BCUT2D eigenvalue weighted by Crippen LogP contribution is 2.28. The molecule has 41 heavy (non-hydrogen) atoms. The summed E-state index contributed by atoms with van der Waals surface area (Å²) >= 11 is 15.8. The van der Waals surface area contributed by atoms with Gasteiger partial charge in [-0.3, -0.25) is 13.9 Å². The summed E-state index contributed by atoms with van der Waals surface area (Å²) in [5, 5.41) is 3.74. The first-order chi connectivity index (χ1) is 19.5. The summed E-state index contributed by atoms with van der Waals surface area (Å²) in [6, 6.07) is 17.4. The van der Waals surface area contributed by atoms with Gasteiger partial charge >= 0.3 is 0 Å². The van der Waals surface area contributed by atoms with Crippen molar-refractivity contribution in [2.45, 2.75) is 63.1 Å². The van der Waals surface area contributed by atoms with Crippen molar-refractivity contribution in [3.8, 4) is 0 Å². The number of halogens is 3. The topological polar surface area (TPSA) is 86.8 Å². The van der Waals surface area contributed by atoms with E-state index >= 15 is 0 Å². The number of benzene rings is 3. The molecule has 1 aliphatic carbocycles. The van der Waals surface area contributed by atoms with Gasteiger partial charge < -0.3 is 10.2 Å². The summed E-state index contributed by atoms with van der Waals surface area (Å²) in [5.41, 5.74) is 1.87. The fourth-order valence-corrected chi connectivity index (χ4v) is 6.92. The number of nitrogens with one attached hydrogen (secondary N) is 1. The smallest absolute Gasteiger partial charge is 0.264 e. The van der Waals surface area contributed by atoms with Gasteiger partial charge in [-0.2, -0.15) is 0 Å². The molecule has 3 aromatic rings. The minimum absolute atomic E-state index is 0.0336. The van der Waals surface area contributed by atoms with Crippen molar-refractivity contribution in [3.05, 3.63) is 92.4 Å². The first-order valence-electron chi connectivity index (χ1n) is 13.3. The summed E-state index contributed by atoms with van der Waals surface area (Å²) in [6.07, 6.45) is 3.88. The van der Waals surface area contributed by atoms with E-state index in [-0.39, 0.29) is 23.4 Å². The highest BCUT2D eigenvalue weighted by atomic mass is 79.9. The van der Waals surface area contributed by atoms with Crippen LogP contribution in [0.5, 0.6) is 0 Å². The molecule has 1 aliphatic rings. The second-order valence-corrected chi connectivity index (χ2v) is 13.8. The van der Waals surface area contributed by atoms with Crippen LogP contribution >= 0.6 is 39.1 Å². The number of carbonyl (C=O) groups excluding carboxylic acids is 2. The van der Waals surface area contributed by atoms with Crippen molar-refractivity contribution in [1.29, 1.82) is 0 Å². The van der Waals surface area contributed by atoms with Gasteiger partial charge in [0.2, 0.25) is 11.8 Å². The molecule has 1 saturated carbocycles. The molecular weight excluding hydrogens is 649 g/mol. The van der Waals surface area contributed by atoms with E-state index in [0.717, 1.165) is 35.6 Å². The third-order valence-corrected chi connectivity index (χ3v) is 10.2. The van der Waals surface area contributed by atoms with E-state index in [0.29, 0.717) is 25.8 Å². The Labute approximate surface area is 260 Å². The maximum atomic E-state index is 14.1. The summed E-state index contributed by atoms with van der Waals surface area (Å²) in [5.74, 6) is -0.832. The van der Waals surface area contributed by atoms with Gasteiger partial charge in [0.15, 0.2) is 0 Å². The van der Waals surface area contributed by atoms with Gasteiger partial charge in [0.05, 0.1) is 20.6 Å². The molecule has 0 heterocycles. The van der Waals surface area contributed by atoms with Gasteiger partial charge in [0.25, 0.3) is 10.0 Å². The molecule has 0 unspecified atom stereocenters. The Bertz CT molecular complexity index is 1510. The van der Waals surface area contributed by atoms with E-state index in [2.05, 4.69) is 21.2 Å². The molecule has 1 atom stereocenters. The van der Waals surface area contributed by atoms with Crippen LogP contribution in [0.2, 0.25) is 10.0 Å². The van der Waals surface area contributed by atoms with Crippen molar-refractivity contribution in [1.82, 2.24) is 10.2 Å². The average molecular weight is 681 g/mol. The second-order valence-electron chi connectivity index (χ2n) is 10.2. The lowest BCUT2D eigenvalue weighted by Crippen LogP contribution is -2.52. The summed E-state index contributed by atoms with van der Waals surface area (Å²) in [4.78, 5) is 28.8. The number of hydrogen-bond donors (Lipinski definition) is 1. The Balaban J connectivity index is 1.70. The molecule has 0 spiro atoms. The monoisotopic (exact) mass is 679 g/mol. The maximum Gasteiger partial charge on any atom is 0.264 e. The number of hydrogen-bond acceptors (Lipinski definition) is 4. The molecule has 1 fully saturated rings. The zero-order valence-corrected chi connectivity index (χ0v) is 26.7. The first kappa shape index (κ1) is 31.3. The van der Waals surface area contributed by atoms with Crippen molar-refractivity contribution in [3.63, 3.8) is 0 Å². The first-order valence-corrected chi connectivity index (χ1v) is 16.3. The molecule has 11 heteroatoms. The van der Waals surface area contributed by atoms with Crippen LogP contribution in [0.4, 0.5) is 5.69 Å². The number of carbonyl (C=O) groups is 2. The van der Waals surface area contributed by atoms with Crippen LogP contribution in [0.1, 0.15) is 43.7 Å². The molecule has 3 aromatic carbocycles. The number of aryl methyl sites for hydroxylation is 1. The van der Waals surface area contributed by atoms with Crippen LogP contribution in [0, 0.1) is 6.92 Å². The predicted octanol–water partition coefficient (Wildman–Crippen LogP) is 6.74. The van der Waals surface area contributed by atoms with E-state index in [1.165, 1.54) is 17.0 Å². The fourth-order valence-electron chi connectivity index (χ4n) is 4.81. The molecule has 2 amide bonds. The van der Waals surface area contributed by atoms with Gasteiger partial charge in [-0.05, 0) is 74.7 Å². The summed E-state index contributed by atoms with van der Waals surface area (Å²) in [7, 11) is -4.14. The minimum atomic E-state index is -4.14. The zero-order valence-electron chi connectivity index (χ0n) is 22.8. The van der Waals surface area contributed by atoms with Crippen LogP contribution in [0.3, 0.4) is 0 Å². The number of rotatable bonds is 10. The summed E-state index contributed by atoms with van der Waals surface area (Å²) < 4.78 is 29.6. The van der Waals surface area contributed by atoms with Gasteiger partial charge in [0.1, 0.15) is 12.6 Å². The van der Waals surface area contributed by atoms with Crippen molar-refractivity contribution in [2.24, 2.45) is 0 Å². The molecule has 0 aliphatic heterocycles. The zero-order chi connectivity index (χ0) is 29.7. The van der Waals surface area contributed by atoms with Gasteiger partial charge in [-0.15, -0.1) is 0 Å².